The first-order chi connectivity index (χ1) is 10.5. The van der Waals surface area contributed by atoms with Crippen molar-refractivity contribution in [3.05, 3.63) is 69.8 Å². The zero-order valence-corrected chi connectivity index (χ0v) is 11.7. The molecule has 2 aromatic rings. The van der Waals surface area contributed by atoms with Gasteiger partial charge in [-0.15, -0.1) is 0 Å². The molecule has 7 heteroatoms. The number of phenols is 1. The van der Waals surface area contributed by atoms with Crippen molar-refractivity contribution in [2.45, 2.75) is 6.92 Å². The first-order valence-electron chi connectivity index (χ1n) is 6.37. The van der Waals surface area contributed by atoms with Gasteiger partial charge in [0.2, 0.25) is 5.75 Å². The number of para-hydroxylation sites is 1. The van der Waals surface area contributed by atoms with E-state index in [-0.39, 0.29) is 5.56 Å². The van der Waals surface area contributed by atoms with E-state index in [2.05, 4.69) is 10.5 Å². The number of nitrogens with zero attached hydrogens (tertiary/aromatic N) is 2. The summed E-state index contributed by atoms with van der Waals surface area (Å²) in [5.41, 5.74) is 2.92. The molecule has 0 heterocycles. The lowest BCUT2D eigenvalue weighted by Gasteiger charge is -2.05. The smallest absolute Gasteiger partial charge is 0.311 e. The molecule has 0 atom stereocenters. The Balaban J connectivity index is 2.20. The first kappa shape index (κ1) is 15.2. The second-order valence-electron chi connectivity index (χ2n) is 4.43. The van der Waals surface area contributed by atoms with Gasteiger partial charge >= 0.3 is 5.69 Å². The van der Waals surface area contributed by atoms with Crippen molar-refractivity contribution in [1.82, 2.24) is 5.43 Å². The van der Waals surface area contributed by atoms with Crippen LogP contribution in [0.1, 0.15) is 22.8 Å². The quantitative estimate of drug-likeness (QED) is 0.514. The fourth-order valence-corrected chi connectivity index (χ4v) is 1.80. The molecule has 0 saturated heterocycles. The minimum absolute atomic E-state index is 0.209. The van der Waals surface area contributed by atoms with Crippen LogP contribution in [0.5, 0.6) is 5.75 Å². The molecule has 0 unspecified atom stereocenters. The van der Waals surface area contributed by atoms with E-state index in [9.17, 15) is 20.0 Å². The molecule has 0 bridgehead atoms. The minimum atomic E-state index is -0.759. The maximum Gasteiger partial charge on any atom is 0.311 e. The van der Waals surface area contributed by atoms with Gasteiger partial charge in [0.25, 0.3) is 5.91 Å². The summed E-state index contributed by atoms with van der Waals surface area (Å²) in [5.74, 6) is -1.41. The predicted molar refractivity (Wildman–Crippen MR) is 80.9 cm³/mol. The number of rotatable bonds is 4. The molecule has 22 heavy (non-hydrogen) atoms. The van der Waals surface area contributed by atoms with Crippen molar-refractivity contribution in [3.63, 3.8) is 0 Å². The largest absolute Gasteiger partial charge is 0.502 e. The molecular weight excluding hydrogens is 286 g/mol. The zero-order chi connectivity index (χ0) is 16.1. The summed E-state index contributed by atoms with van der Waals surface area (Å²) in [4.78, 5) is 21.9. The minimum Gasteiger partial charge on any atom is -0.502 e. The Labute approximate surface area is 126 Å². The van der Waals surface area contributed by atoms with Gasteiger partial charge in [-0.1, -0.05) is 36.4 Å². The standard InChI is InChI=1S/C15H13N3O4/c1-10(11-6-3-2-4-7-11)16-17-15(20)12-8-5-9-13(14(12)19)18(21)22/h2-9,19H,1H3,(H,17,20)/b16-10+. The van der Waals surface area contributed by atoms with Crippen LogP contribution >= 0.6 is 0 Å². The van der Waals surface area contributed by atoms with Crippen molar-refractivity contribution < 1.29 is 14.8 Å². The summed E-state index contributed by atoms with van der Waals surface area (Å²) in [7, 11) is 0. The van der Waals surface area contributed by atoms with E-state index in [0.29, 0.717) is 5.71 Å². The Morgan fingerprint density at radius 3 is 2.50 bits per heavy atom. The average Bonchev–Trinajstić information content (AvgIpc) is 2.53. The zero-order valence-electron chi connectivity index (χ0n) is 11.7. The monoisotopic (exact) mass is 299 g/mol. The van der Waals surface area contributed by atoms with Crippen molar-refractivity contribution >= 4 is 17.3 Å². The molecule has 0 aliphatic rings. The molecule has 112 valence electrons. The van der Waals surface area contributed by atoms with Gasteiger partial charge in [-0.2, -0.15) is 5.10 Å². The summed E-state index contributed by atoms with van der Waals surface area (Å²) in [5, 5.41) is 24.4. The molecular formula is C15H13N3O4. The summed E-state index contributed by atoms with van der Waals surface area (Å²) < 4.78 is 0. The highest BCUT2D eigenvalue weighted by Gasteiger charge is 2.20. The van der Waals surface area contributed by atoms with E-state index in [4.69, 9.17) is 0 Å². The lowest BCUT2D eigenvalue weighted by atomic mass is 10.1. The molecule has 7 nitrogen and oxygen atoms in total. The number of nitro benzene ring substituents is 1. The number of carbonyl (C=O) groups excluding carboxylic acids is 1. The summed E-state index contributed by atoms with van der Waals surface area (Å²) in [6.45, 7) is 1.71. The number of phenolic OH excluding ortho intramolecular Hbond substituents is 1. The van der Waals surface area contributed by atoms with E-state index >= 15 is 0 Å². The van der Waals surface area contributed by atoms with E-state index in [0.717, 1.165) is 11.6 Å². The molecule has 2 aromatic carbocycles. The van der Waals surface area contributed by atoms with Gasteiger partial charge in [-0.3, -0.25) is 14.9 Å². The number of aromatic hydroxyl groups is 1. The highest BCUT2D eigenvalue weighted by Crippen LogP contribution is 2.29. The van der Waals surface area contributed by atoms with Crippen LogP contribution in [0.15, 0.2) is 53.6 Å². The van der Waals surface area contributed by atoms with Gasteiger partial charge in [0, 0.05) is 6.07 Å². The number of hydrazone groups is 1. The SMILES string of the molecule is C/C(=N\NC(=O)c1cccc([N+](=O)[O-])c1O)c1ccccc1. The van der Waals surface area contributed by atoms with Gasteiger partial charge in [-0.25, -0.2) is 5.43 Å². The molecule has 0 saturated carbocycles. The number of hydrogen-bond acceptors (Lipinski definition) is 5. The number of nitrogens with one attached hydrogen (secondary N) is 1. The predicted octanol–water partition coefficient (Wildman–Crippen LogP) is 2.45. The first-order valence-corrected chi connectivity index (χ1v) is 6.37. The molecule has 1 amide bonds. The van der Waals surface area contributed by atoms with Gasteiger partial charge in [0.1, 0.15) is 0 Å². The van der Waals surface area contributed by atoms with Crippen LogP contribution in [0, 0.1) is 10.1 Å². The maximum absolute atomic E-state index is 12.0. The fraction of sp³-hybridized carbons (Fsp3) is 0.0667. The number of carbonyl (C=O) groups is 1. The molecule has 0 fully saturated rings. The van der Waals surface area contributed by atoms with Gasteiger partial charge in [0.05, 0.1) is 16.2 Å². The third-order valence-electron chi connectivity index (χ3n) is 2.97. The lowest BCUT2D eigenvalue weighted by molar-refractivity contribution is -0.385. The number of benzene rings is 2. The van der Waals surface area contributed by atoms with Crippen LogP contribution < -0.4 is 5.43 Å². The number of amides is 1. The molecule has 0 aromatic heterocycles. The molecule has 0 spiro atoms. The Hall–Kier alpha value is -3.22. The topological polar surface area (TPSA) is 105 Å². The second-order valence-corrected chi connectivity index (χ2v) is 4.43. The molecule has 0 radical (unpaired) electrons. The van der Waals surface area contributed by atoms with Crippen molar-refractivity contribution in [3.8, 4) is 5.75 Å². The van der Waals surface area contributed by atoms with Gasteiger partial charge in [-0.05, 0) is 18.6 Å². The van der Waals surface area contributed by atoms with E-state index in [1.807, 2.05) is 30.3 Å². The summed E-state index contributed by atoms with van der Waals surface area (Å²) in [6, 6.07) is 12.9. The lowest BCUT2D eigenvalue weighted by Crippen LogP contribution is -2.19. The molecule has 0 aliphatic carbocycles. The van der Waals surface area contributed by atoms with E-state index < -0.39 is 22.3 Å². The highest BCUT2D eigenvalue weighted by molar-refractivity contribution is 6.02. The molecule has 0 aliphatic heterocycles. The second kappa shape index (κ2) is 6.49. The average molecular weight is 299 g/mol. The van der Waals surface area contributed by atoms with Gasteiger partial charge < -0.3 is 5.11 Å². The van der Waals surface area contributed by atoms with Crippen LogP contribution in [0.2, 0.25) is 0 Å². The van der Waals surface area contributed by atoms with Crippen molar-refractivity contribution in [2.75, 3.05) is 0 Å². The number of nitro groups is 1. The summed E-state index contributed by atoms with van der Waals surface area (Å²) in [6.07, 6.45) is 0. The van der Waals surface area contributed by atoms with Crippen molar-refractivity contribution in [1.29, 1.82) is 0 Å². The van der Waals surface area contributed by atoms with Crippen LogP contribution in [-0.4, -0.2) is 21.6 Å². The van der Waals surface area contributed by atoms with Crippen molar-refractivity contribution in [2.24, 2.45) is 5.10 Å². The highest BCUT2D eigenvalue weighted by atomic mass is 16.6. The number of hydrogen-bond donors (Lipinski definition) is 2. The third kappa shape index (κ3) is 3.26. The third-order valence-corrected chi connectivity index (χ3v) is 2.97. The molecule has 2 rings (SSSR count). The maximum atomic E-state index is 12.0. The van der Waals surface area contributed by atoms with Crippen LogP contribution in [0.25, 0.3) is 0 Å². The molecule has 2 N–H and O–H groups in total. The normalized spacial score (nSPS) is 11.0. The fourth-order valence-electron chi connectivity index (χ4n) is 1.80. The van der Waals surface area contributed by atoms with E-state index in [1.54, 1.807) is 6.92 Å². The van der Waals surface area contributed by atoms with Crippen LogP contribution in [0.3, 0.4) is 0 Å². The van der Waals surface area contributed by atoms with Crippen LogP contribution in [0.4, 0.5) is 5.69 Å². The Bertz CT molecular complexity index is 742. The van der Waals surface area contributed by atoms with Crippen LogP contribution in [-0.2, 0) is 0 Å². The summed E-state index contributed by atoms with van der Waals surface area (Å²) >= 11 is 0. The Kier molecular flexibility index (Phi) is 4.47. The van der Waals surface area contributed by atoms with Gasteiger partial charge in [0.15, 0.2) is 0 Å². The Morgan fingerprint density at radius 1 is 1.18 bits per heavy atom. The Morgan fingerprint density at radius 2 is 1.86 bits per heavy atom. The van der Waals surface area contributed by atoms with E-state index in [1.165, 1.54) is 12.1 Å².